The van der Waals surface area contributed by atoms with Gasteiger partial charge in [-0.25, -0.2) is 0 Å². The topological polar surface area (TPSA) is 64.5 Å². The largest absolute Gasteiger partial charge is 0.257 e. The lowest BCUT2D eigenvalue weighted by Gasteiger charge is -2.05. The van der Waals surface area contributed by atoms with Crippen molar-refractivity contribution in [3.63, 3.8) is 0 Å². The first-order chi connectivity index (χ1) is 16.8. The van der Waals surface area contributed by atoms with Crippen LogP contribution in [0.15, 0.2) is 43.1 Å². The Morgan fingerprint density at radius 2 is 0.941 bits per heavy atom. The van der Waals surface area contributed by atoms with Crippen molar-refractivity contribution in [3.8, 4) is 22.6 Å². The summed E-state index contributed by atoms with van der Waals surface area (Å²) >= 11 is 0. The van der Waals surface area contributed by atoms with Gasteiger partial charge in [-0.3, -0.25) is 24.9 Å². The van der Waals surface area contributed by atoms with Gasteiger partial charge in [-0.2, -0.15) is 0 Å². The Labute approximate surface area is 205 Å². The van der Waals surface area contributed by atoms with Crippen molar-refractivity contribution in [2.24, 2.45) is 0 Å². The van der Waals surface area contributed by atoms with Gasteiger partial charge in [-0.1, -0.05) is 78.1 Å². The van der Waals surface area contributed by atoms with E-state index < -0.39 is 0 Å². The fraction of sp³-hybridized carbons (Fsp3) is 0.552. The zero-order chi connectivity index (χ0) is 23.8. The molecule has 0 atom stereocenters. The molecule has 3 aromatic rings. The molecule has 0 aromatic carbocycles. The van der Waals surface area contributed by atoms with Gasteiger partial charge in [0.1, 0.15) is 5.69 Å². The van der Waals surface area contributed by atoms with Crippen LogP contribution in [-0.4, -0.2) is 24.9 Å². The summed E-state index contributed by atoms with van der Waals surface area (Å²) < 4.78 is 0. The quantitative estimate of drug-likeness (QED) is 0.204. The lowest BCUT2D eigenvalue weighted by atomic mass is 10.1. The number of aryl methyl sites for hydroxylation is 2. The van der Waals surface area contributed by atoms with Crippen molar-refractivity contribution in [2.75, 3.05) is 0 Å². The fourth-order valence-corrected chi connectivity index (χ4v) is 4.12. The first-order valence-corrected chi connectivity index (χ1v) is 13.4. The molecule has 0 unspecified atom stereocenters. The molecule has 0 fully saturated rings. The first-order valence-electron chi connectivity index (χ1n) is 13.4. The van der Waals surface area contributed by atoms with Crippen LogP contribution >= 0.6 is 0 Å². The summed E-state index contributed by atoms with van der Waals surface area (Å²) in [7, 11) is 0. The van der Waals surface area contributed by atoms with Gasteiger partial charge in [-0.05, 0) is 37.8 Å². The zero-order valence-corrected chi connectivity index (χ0v) is 21.2. The van der Waals surface area contributed by atoms with Gasteiger partial charge >= 0.3 is 0 Å². The molecule has 0 saturated carbocycles. The Kier molecular flexibility index (Phi) is 11.6. The molecule has 5 nitrogen and oxygen atoms in total. The third-order valence-electron chi connectivity index (χ3n) is 6.31. The lowest BCUT2D eigenvalue weighted by Crippen LogP contribution is -1.96. The molecule has 0 aliphatic rings. The Balaban J connectivity index is 1.46. The Morgan fingerprint density at radius 3 is 1.41 bits per heavy atom. The van der Waals surface area contributed by atoms with Gasteiger partial charge in [0.05, 0.1) is 35.2 Å². The van der Waals surface area contributed by atoms with Crippen molar-refractivity contribution in [1.82, 2.24) is 24.9 Å². The number of hydrogen-bond acceptors (Lipinski definition) is 5. The van der Waals surface area contributed by atoms with Crippen LogP contribution < -0.4 is 0 Å². The number of unbranched alkanes of at least 4 members (excludes halogenated alkanes) is 10. The molecule has 3 heterocycles. The summed E-state index contributed by atoms with van der Waals surface area (Å²) in [5.74, 6) is 0. The molecule has 0 radical (unpaired) electrons. The monoisotopic (exact) mass is 459 g/mol. The van der Waals surface area contributed by atoms with Gasteiger partial charge in [0.2, 0.25) is 0 Å². The summed E-state index contributed by atoms with van der Waals surface area (Å²) in [6.45, 7) is 4.51. The van der Waals surface area contributed by atoms with E-state index in [4.69, 9.17) is 0 Å². The van der Waals surface area contributed by atoms with Gasteiger partial charge in [-0.15, -0.1) is 0 Å². The van der Waals surface area contributed by atoms with E-state index in [0.29, 0.717) is 0 Å². The number of pyridine rings is 1. The predicted molar refractivity (Wildman–Crippen MR) is 140 cm³/mol. The molecule has 0 aliphatic heterocycles. The van der Waals surface area contributed by atoms with E-state index in [1.165, 1.54) is 77.0 Å². The summed E-state index contributed by atoms with van der Waals surface area (Å²) in [6, 6.07) is 4.02. The van der Waals surface area contributed by atoms with E-state index in [1.807, 2.05) is 43.1 Å². The summed E-state index contributed by atoms with van der Waals surface area (Å²) in [4.78, 5) is 23.0. The average molecular weight is 460 g/mol. The molecule has 3 rings (SSSR count). The van der Waals surface area contributed by atoms with Crippen LogP contribution in [0.5, 0.6) is 0 Å². The normalized spacial score (nSPS) is 11.1. The first kappa shape index (κ1) is 25.9. The van der Waals surface area contributed by atoms with Crippen LogP contribution in [0.1, 0.15) is 102 Å². The molecule has 34 heavy (non-hydrogen) atoms. The van der Waals surface area contributed by atoms with Crippen molar-refractivity contribution >= 4 is 0 Å². The molecule has 0 N–H and O–H groups in total. The second-order valence-electron chi connectivity index (χ2n) is 9.25. The number of aromatic nitrogens is 5. The van der Waals surface area contributed by atoms with Crippen LogP contribution in [0.4, 0.5) is 0 Å². The third-order valence-corrected chi connectivity index (χ3v) is 6.31. The summed E-state index contributed by atoms with van der Waals surface area (Å²) in [5, 5.41) is 0. The molecule has 0 spiro atoms. The fourth-order valence-electron chi connectivity index (χ4n) is 4.12. The highest BCUT2D eigenvalue weighted by molar-refractivity contribution is 5.61. The average Bonchev–Trinajstić information content (AvgIpc) is 2.89. The minimum Gasteiger partial charge on any atom is -0.257 e. The van der Waals surface area contributed by atoms with Crippen LogP contribution in [-0.2, 0) is 12.8 Å². The lowest BCUT2D eigenvalue weighted by molar-refractivity contribution is 0.604. The Hall–Kier alpha value is -2.69. The molecule has 3 aromatic heterocycles. The number of rotatable bonds is 16. The highest BCUT2D eigenvalue weighted by atomic mass is 14.8. The molecular formula is C29H41N5. The van der Waals surface area contributed by atoms with Gasteiger partial charge in [0, 0.05) is 24.2 Å². The van der Waals surface area contributed by atoms with Crippen LogP contribution in [0, 0.1) is 0 Å². The van der Waals surface area contributed by atoms with Gasteiger partial charge < -0.3 is 0 Å². The number of nitrogens with zero attached hydrogens (tertiary/aromatic N) is 5. The van der Waals surface area contributed by atoms with Crippen molar-refractivity contribution in [3.05, 3.63) is 54.5 Å². The van der Waals surface area contributed by atoms with Crippen LogP contribution in [0.2, 0.25) is 0 Å². The highest BCUT2D eigenvalue weighted by Crippen LogP contribution is 2.20. The second-order valence-corrected chi connectivity index (χ2v) is 9.25. The zero-order valence-electron chi connectivity index (χ0n) is 21.2. The van der Waals surface area contributed by atoms with Crippen molar-refractivity contribution in [2.45, 2.75) is 104 Å². The van der Waals surface area contributed by atoms with E-state index in [-0.39, 0.29) is 0 Å². The standard InChI is InChI=1S/C29H41N5/c1-3-5-7-9-11-13-15-25-20-33-28(22-30-25)24-17-18-27(32-19-24)29-23-31-26(21-34-29)16-14-12-10-8-6-4-2/h17-23H,3-16H2,1-2H3. The summed E-state index contributed by atoms with van der Waals surface area (Å²) in [6.07, 6.45) is 26.9. The molecule has 0 amide bonds. The van der Waals surface area contributed by atoms with Gasteiger partial charge in [0.15, 0.2) is 0 Å². The maximum atomic E-state index is 4.61. The Morgan fingerprint density at radius 1 is 0.441 bits per heavy atom. The predicted octanol–water partition coefficient (Wildman–Crippen LogP) is 7.80. The van der Waals surface area contributed by atoms with Crippen LogP contribution in [0.3, 0.4) is 0 Å². The van der Waals surface area contributed by atoms with Crippen LogP contribution in [0.25, 0.3) is 22.6 Å². The van der Waals surface area contributed by atoms with E-state index in [2.05, 4.69) is 38.8 Å². The minimum absolute atomic E-state index is 0.804. The molecular weight excluding hydrogens is 418 g/mol. The second kappa shape index (κ2) is 15.3. The maximum absolute atomic E-state index is 4.61. The van der Waals surface area contributed by atoms with E-state index >= 15 is 0 Å². The highest BCUT2D eigenvalue weighted by Gasteiger charge is 2.06. The molecule has 0 aliphatic carbocycles. The molecule has 0 saturated heterocycles. The van der Waals surface area contributed by atoms with E-state index in [0.717, 1.165) is 46.9 Å². The number of hydrogen-bond donors (Lipinski definition) is 0. The van der Waals surface area contributed by atoms with Gasteiger partial charge in [0.25, 0.3) is 0 Å². The summed E-state index contributed by atoms with van der Waals surface area (Å²) in [5.41, 5.74) is 5.59. The van der Waals surface area contributed by atoms with Crippen molar-refractivity contribution in [1.29, 1.82) is 0 Å². The Bertz CT molecular complexity index is 842. The molecule has 0 bridgehead atoms. The SMILES string of the molecule is CCCCCCCCc1cnc(-c2ccc(-c3cnc(CCCCCCCC)cn3)nc2)cn1. The van der Waals surface area contributed by atoms with E-state index in [1.54, 1.807) is 0 Å². The third kappa shape index (κ3) is 8.92. The molecule has 5 heteroatoms. The smallest absolute Gasteiger partial charge is 0.107 e. The minimum atomic E-state index is 0.804. The van der Waals surface area contributed by atoms with Crippen molar-refractivity contribution < 1.29 is 0 Å². The van der Waals surface area contributed by atoms with E-state index in [9.17, 15) is 0 Å². The maximum Gasteiger partial charge on any atom is 0.107 e. The molecule has 182 valence electrons.